The van der Waals surface area contributed by atoms with Crippen molar-refractivity contribution in [3.05, 3.63) is 41.7 Å². The van der Waals surface area contributed by atoms with Gasteiger partial charge >= 0.3 is 6.18 Å². The van der Waals surface area contributed by atoms with Crippen LogP contribution < -0.4 is 0 Å². The van der Waals surface area contributed by atoms with E-state index in [1.54, 1.807) is 24.3 Å². The maximum Gasteiger partial charge on any atom is 0.434 e. The molecule has 0 saturated carbocycles. The highest BCUT2D eigenvalue weighted by atomic mass is 19.4. The van der Waals surface area contributed by atoms with Crippen molar-refractivity contribution >= 4 is 0 Å². The molecule has 0 amide bonds. The van der Waals surface area contributed by atoms with Crippen LogP contribution in [0.3, 0.4) is 0 Å². The zero-order valence-corrected chi connectivity index (χ0v) is 11.9. The number of aliphatic hydroxyl groups is 1. The van der Waals surface area contributed by atoms with Crippen molar-refractivity contribution in [3.8, 4) is 11.4 Å². The molecule has 1 aromatic heterocycles. The minimum atomic E-state index is -4.46. The van der Waals surface area contributed by atoms with E-state index in [0.29, 0.717) is 23.5 Å². The molecule has 0 aliphatic carbocycles. The first-order valence-corrected chi connectivity index (χ1v) is 6.65. The fourth-order valence-electron chi connectivity index (χ4n) is 2.07. The lowest BCUT2D eigenvalue weighted by molar-refractivity contribution is -0.140. The summed E-state index contributed by atoms with van der Waals surface area (Å²) in [5, 5.41) is 9.01. The predicted octanol–water partition coefficient (Wildman–Crippen LogP) is 3.72. The summed E-state index contributed by atoms with van der Waals surface area (Å²) in [6, 6.07) is 6.70. The topological polar surface area (TPSA) is 38.0 Å². The van der Waals surface area contributed by atoms with Gasteiger partial charge in [0, 0.05) is 18.3 Å². The van der Waals surface area contributed by atoms with Crippen LogP contribution >= 0.6 is 0 Å². The number of rotatable bonds is 4. The third kappa shape index (κ3) is 3.64. The molecule has 114 valence electrons. The van der Waals surface area contributed by atoms with Gasteiger partial charge in [0.1, 0.15) is 5.82 Å². The minimum absolute atomic E-state index is 0.103. The third-order valence-corrected chi connectivity index (χ3v) is 3.02. The number of imidazole rings is 1. The van der Waals surface area contributed by atoms with Crippen LogP contribution in [0.1, 0.15) is 25.1 Å². The molecule has 0 aliphatic heterocycles. The van der Waals surface area contributed by atoms with Gasteiger partial charge in [-0.25, -0.2) is 4.98 Å². The molecule has 3 nitrogen and oxygen atoms in total. The maximum atomic E-state index is 12.8. The fraction of sp³-hybridized carbons (Fsp3) is 0.400. The van der Waals surface area contributed by atoms with Gasteiger partial charge in [0.15, 0.2) is 5.69 Å². The smallest absolute Gasteiger partial charge is 0.392 e. The van der Waals surface area contributed by atoms with Crippen molar-refractivity contribution in [2.75, 3.05) is 0 Å². The molecule has 2 rings (SSSR count). The summed E-state index contributed by atoms with van der Waals surface area (Å²) in [6.07, 6.45) is -3.41. The van der Waals surface area contributed by atoms with Gasteiger partial charge in [-0.15, -0.1) is 0 Å². The average Bonchev–Trinajstić information content (AvgIpc) is 2.82. The average molecular weight is 298 g/mol. The van der Waals surface area contributed by atoms with Crippen LogP contribution in [0.2, 0.25) is 0 Å². The summed E-state index contributed by atoms with van der Waals surface area (Å²) in [5.74, 6) is 0.497. The second-order valence-corrected chi connectivity index (χ2v) is 5.35. The van der Waals surface area contributed by atoms with Gasteiger partial charge in [-0.1, -0.05) is 38.1 Å². The second-order valence-electron chi connectivity index (χ2n) is 5.35. The van der Waals surface area contributed by atoms with Crippen LogP contribution in [0.4, 0.5) is 13.2 Å². The minimum Gasteiger partial charge on any atom is -0.392 e. The largest absolute Gasteiger partial charge is 0.434 e. The predicted molar refractivity (Wildman–Crippen MR) is 73.4 cm³/mol. The van der Waals surface area contributed by atoms with Crippen molar-refractivity contribution in [1.82, 2.24) is 9.55 Å². The van der Waals surface area contributed by atoms with Crippen LogP contribution in [0.15, 0.2) is 30.5 Å². The molecule has 1 aromatic carbocycles. The fourth-order valence-corrected chi connectivity index (χ4v) is 2.07. The highest BCUT2D eigenvalue weighted by molar-refractivity contribution is 5.56. The monoisotopic (exact) mass is 298 g/mol. The van der Waals surface area contributed by atoms with Crippen molar-refractivity contribution in [3.63, 3.8) is 0 Å². The van der Waals surface area contributed by atoms with E-state index in [9.17, 15) is 13.2 Å². The lowest BCUT2D eigenvalue weighted by Gasteiger charge is -2.10. The van der Waals surface area contributed by atoms with Crippen LogP contribution in [-0.4, -0.2) is 14.7 Å². The molecule has 6 heteroatoms. The molecule has 0 fully saturated rings. The van der Waals surface area contributed by atoms with Crippen LogP contribution in [0.25, 0.3) is 11.4 Å². The van der Waals surface area contributed by atoms with Gasteiger partial charge in [0.05, 0.1) is 6.61 Å². The molecule has 0 saturated heterocycles. The molecule has 0 bridgehead atoms. The van der Waals surface area contributed by atoms with Gasteiger partial charge in [0.2, 0.25) is 0 Å². The molecule has 0 radical (unpaired) electrons. The SMILES string of the molecule is CC(C)Cn1cc(C(F)(F)F)nc1-c1ccc(CO)cc1. The Hall–Kier alpha value is -1.82. The molecule has 1 heterocycles. The lowest BCUT2D eigenvalue weighted by Crippen LogP contribution is -2.06. The normalized spacial score (nSPS) is 12.1. The molecular formula is C15H17F3N2O. The van der Waals surface area contributed by atoms with Crippen LogP contribution in [0.5, 0.6) is 0 Å². The Labute approximate surface area is 121 Å². The van der Waals surface area contributed by atoms with Crippen LogP contribution in [0, 0.1) is 5.92 Å². The van der Waals surface area contributed by atoms with E-state index in [1.807, 2.05) is 13.8 Å². The zero-order chi connectivity index (χ0) is 15.6. The molecule has 0 atom stereocenters. The highest BCUT2D eigenvalue weighted by Gasteiger charge is 2.35. The number of nitrogens with zero attached hydrogens (tertiary/aromatic N) is 2. The molecule has 1 N–H and O–H groups in total. The molecule has 21 heavy (non-hydrogen) atoms. The number of hydrogen-bond acceptors (Lipinski definition) is 2. The van der Waals surface area contributed by atoms with Gasteiger partial charge in [-0.3, -0.25) is 0 Å². The number of aromatic nitrogens is 2. The maximum absolute atomic E-state index is 12.8. The van der Waals surface area contributed by atoms with Crippen molar-refractivity contribution in [2.45, 2.75) is 33.2 Å². The molecular weight excluding hydrogens is 281 g/mol. The van der Waals surface area contributed by atoms with E-state index in [2.05, 4.69) is 4.98 Å². The molecule has 0 unspecified atom stereocenters. The number of alkyl halides is 3. The van der Waals surface area contributed by atoms with E-state index < -0.39 is 11.9 Å². The number of benzene rings is 1. The Morgan fingerprint density at radius 3 is 2.29 bits per heavy atom. The summed E-state index contributed by atoms with van der Waals surface area (Å²) in [7, 11) is 0. The zero-order valence-electron chi connectivity index (χ0n) is 11.9. The Balaban J connectivity index is 2.46. The standard InChI is InChI=1S/C15H17F3N2O/c1-10(2)7-20-8-13(15(16,17)18)19-14(20)12-5-3-11(9-21)4-6-12/h3-6,8,10,21H,7,9H2,1-2H3. The lowest BCUT2D eigenvalue weighted by atomic mass is 10.1. The first-order chi connectivity index (χ1) is 9.81. The van der Waals surface area contributed by atoms with E-state index in [0.717, 1.165) is 6.20 Å². The van der Waals surface area contributed by atoms with Crippen molar-refractivity contribution < 1.29 is 18.3 Å². The van der Waals surface area contributed by atoms with Crippen molar-refractivity contribution in [2.24, 2.45) is 5.92 Å². The summed E-state index contributed by atoms with van der Waals surface area (Å²) in [6.45, 7) is 4.23. The van der Waals surface area contributed by atoms with Crippen LogP contribution in [-0.2, 0) is 19.3 Å². The molecule has 0 aliphatic rings. The summed E-state index contributed by atoms with van der Waals surface area (Å²) in [5.41, 5.74) is 0.421. The van der Waals surface area contributed by atoms with Gasteiger partial charge in [-0.2, -0.15) is 13.2 Å². The Bertz CT molecular complexity index is 600. The quantitative estimate of drug-likeness (QED) is 0.934. The Morgan fingerprint density at radius 1 is 1.19 bits per heavy atom. The summed E-state index contributed by atoms with van der Waals surface area (Å²) in [4.78, 5) is 3.74. The molecule has 0 spiro atoms. The van der Waals surface area contributed by atoms with Gasteiger partial charge in [-0.05, 0) is 11.5 Å². The van der Waals surface area contributed by atoms with Crippen molar-refractivity contribution in [1.29, 1.82) is 0 Å². The second kappa shape index (κ2) is 5.89. The highest BCUT2D eigenvalue weighted by Crippen LogP contribution is 2.31. The van der Waals surface area contributed by atoms with E-state index >= 15 is 0 Å². The van der Waals surface area contributed by atoms with Gasteiger partial charge < -0.3 is 9.67 Å². The van der Waals surface area contributed by atoms with E-state index in [4.69, 9.17) is 5.11 Å². The van der Waals surface area contributed by atoms with E-state index in [1.165, 1.54) is 4.57 Å². The first kappa shape index (κ1) is 15.6. The first-order valence-electron chi connectivity index (χ1n) is 6.65. The number of aliphatic hydroxyl groups excluding tert-OH is 1. The Kier molecular flexibility index (Phi) is 4.37. The number of halogens is 3. The number of hydrogen-bond donors (Lipinski definition) is 1. The summed E-state index contributed by atoms with van der Waals surface area (Å²) >= 11 is 0. The Morgan fingerprint density at radius 2 is 1.81 bits per heavy atom. The van der Waals surface area contributed by atoms with E-state index in [-0.39, 0.29) is 12.5 Å². The third-order valence-electron chi connectivity index (χ3n) is 3.02. The van der Waals surface area contributed by atoms with Gasteiger partial charge in [0.25, 0.3) is 0 Å². The molecule has 2 aromatic rings. The summed E-state index contributed by atoms with van der Waals surface area (Å²) < 4.78 is 40.1.